The predicted molar refractivity (Wildman–Crippen MR) is 83.8 cm³/mol. The van der Waals surface area contributed by atoms with Crippen molar-refractivity contribution < 1.29 is 14.6 Å². The number of hydrogen-bond acceptors (Lipinski definition) is 4. The van der Waals surface area contributed by atoms with E-state index in [4.69, 9.17) is 9.84 Å². The van der Waals surface area contributed by atoms with Gasteiger partial charge in [0.1, 0.15) is 11.4 Å². The Morgan fingerprint density at radius 3 is 3.00 bits per heavy atom. The van der Waals surface area contributed by atoms with Crippen LogP contribution in [-0.2, 0) is 0 Å². The summed E-state index contributed by atoms with van der Waals surface area (Å²) in [6, 6.07) is 9.21. The van der Waals surface area contributed by atoms with Gasteiger partial charge in [-0.25, -0.2) is 0 Å². The van der Waals surface area contributed by atoms with Crippen LogP contribution < -0.4 is 10.1 Å². The monoisotopic (exact) mass is 303 g/mol. The first-order chi connectivity index (χ1) is 10.6. The fourth-order valence-corrected chi connectivity index (χ4v) is 2.05. The second-order valence-corrected chi connectivity index (χ2v) is 5.23. The van der Waals surface area contributed by atoms with Crippen molar-refractivity contribution in [1.82, 2.24) is 15.5 Å². The van der Waals surface area contributed by atoms with Crippen molar-refractivity contribution in [1.29, 1.82) is 0 Å². The summed E-state index contributed by atoms with van der Waals surface area (Å²) in [6.45, 7) is 2.62. The van der Waals surface area contributed by atoms with Crippen LogP contribution in [0.25, 0.3) is 11.3 Å². The van der Waals surface area contributed by atoms with E-state index >= 15 is 0 Å². The second-order valence-electron chi connectivity index (χ2n) is 5.23. The van der Waals surface area contributed by atoms with E-state index in [1.807, 2.05) is 31.2 Å². The lowest BCUT2D eigenvalue weighted by atomic mass is 10.1. The van der Waals surface area contributed by atoms with E-state index in [0.717, 1.165) is 11.3 Å². The van der Waals surface area contributed by atoms with Gasteiger partial charge in [0.25, 0.3) is 5.91 Å². The molecule has 2 aromatic rings. The van der Waals surface area contributed by atoms with E-state index in [9.17, 15) is 4.79 Å². The Morgan fingerprint density at radius 2 is 2.27 bits per heavy atom. The molecule has 1 heterocycles. The molecule has 0 saturated heterocycles. The maximum atomic E-state index is 12.1. The highest BCUT2D eigenvalue weighted by atomic mass is 16.5. The Kier molecular flexibility index (Phi) is 5.55. The van der Waals surface area contributed by atoms with Crippen LogP contribution in [0.15, 0.2) is 30.3 Å². The van der Waals surface area contributed by atoms with Crippen molar-refractivity contribution in [2.24, 2.45) is 5.92 Å². The molecule has 2 rings (SSSR count). The Balaban J connectivity index is 2.02. The van der Waals surface area contributed by atoms with Crippen LogP contribution in [0.2, 0.25) is 0 Å². The van der Waals surface area contributed by atoms with Crippen LogP contribution in [0.4, 0.5) is 0 Å². The minimum atomic E-state index is -0.202. The van der Waals surface area contributed by atoms with Crippen LogP contribution in [-0.4, -0.2) is 41.5 Å². The number of aromatic nitrogens is 2. The van der Waals surface area contributed by atoms with Gasteiger partial charge in [-0.2, -0.15) is 5.10 Å². The van der Waals surface area contributed by atoms with E-state index in [1.165, 1.54) is 0 Å². The summed E-state index contributed by atoms with van der Waals surface area (Å²) in [5.74, 6) is 0.769. The topological polar surface area (TPSA) is 87.2 Å². The zero-order valence-corrected chi connectivity index (χ0v) is 12.8. The van der Waals surface area contributed by atoms with E-state index in [-0.39, 0.29) is 18.4 Å². The highest BCUT2D eigenvalue weighted by Gasteiger charge is 2.12. The molecule has 1 atom stereocenters. The third-order valence-electron chi connectivity index (χ3n) is 3.42. The first-order valence-electron chi connectivity index (χ1n) is 7.23. The maximum Gasteiger partial charge on any atom is 0.269 e. The SMILES string of the molecule is COc1cccc(-c2cc(C(=O)NCC(C)CCO)[nH]n2)c1. The lowest BCUT2D eigenvalue weighted by Gasteiger charge is -2.09. The quantitative estimate of drug-likeness (QED) is 0.728. The number of aromatic amines is 1. The molecule has 1 unspecified atom stereocenters. The number of nitrogens with one attached hydrogen (secondary N) is 2. The predicted octanol–water partition coefficient (Wildman–Crippen LogP) is 1.83. The van der Waals surface area contributed by atoms with E-state index in [1.54, 1.807) is 13.2 Å². The fourth-order valence-electron chi connectivity index (χ4n) is 2.05. The Hall–Kier alpha value is -2.34. The van der Waals surface area contributed by atoms with Crippen molar-refractivity contribution in [3.8, 4) is 17.0 Å². The molecule has 1 aromatic carbocycles. The van der Waals surface area contributed by atoms with Gasteiger partial charge in [-0.05, 0) is 30.5 Å². The number of aliphatic hydroxyl groups excluding tert-OH is 1. The molecule has 0 aliphatic heterocycles. The first-order valence-corrected chi connectivity index (χ1v) is 7.23. The molecular weight excluding hydrogens is 282 g/mol. The van der Waals surface area contributed by atoms with Gasteiger partial charge in [0.2, 0.25) is 0 Å². The molecule has 0 fully saturated rings. The average molecular weight is 303 g/mol. The Morgan fingerprint density at radius 1 is 1.45 bits per heavy atom. The molecule has 22 heavy (non-hydrogen) atoms. The van der Waals surface area contributed by atoms with Gasteiger partial charge in [0.15, 0.2) is 0 Å². The summed E-state index contributed by atoms with van der Waals surface area (Å²) in [4.78, 5) is 12.1. The molecule has 1 aromatic heterocycles. The molecule has 0 aliphatic carbocycles. The minimum Gasteiger partial charge on any atom is -0.497 e. The number of H-pyrrole nitrogens is 1. The number of ether oxygens (including phenoxy) is 1. The molecule has 0 saturated carbocycles. The Bertz CT molecular complexity index is 625. The van der Waals surface area contributed by atoms with Crippen molar-refractivity contribution >= 4 is 5.91 Å². The molecule has 3 N–H and O–H groups in total. The van der Waals surface area contributed by atoms with Crippen LogP contribution in [0.1, 0.15) is 23.8 Å². The highest BCUT2D eigenvalue weighted by molar-refractivity contribution is 5.93. The molecule has 0 aliphatic rings. The van der Waals surface area contributed by atoms with Gasteiger partial charge in [0.05, 0.1) is 12.8 Å². The van der Waals surface area contributed by atoms with Crippen LogP contribution in [0.5, 0.6) is 5.75 Å². The van der Waals surface area contributed by atoms with E-state index in [2.05, 4.69) is 15.5 Å². The maximum absolute atomic E-state index is 12.1. The zero-order valence-electron chi connectivity index (χ0n) is 12.8. The summed E-state index contributed by atoms with van der Waals surface area (Å²) < 4.78 is 5.18. The van der Waals surface area contributed by atoms with Gasteiger partial charge in [-0.3, -0.25) is 9.89 Å². The minimum absolute atomic E-state index is 0.126. The van der Waals surface area contributed by atoms with Crippen molar-refractivity contribution in [3.05, 3.63) is 36.0 Å². The summed E-state index contributed by atoms with van der Waals surface area (Å²) >= 11 is 0. The van der Waals surface area contributed by atoms with Crippen molar-refractivity contribution in [3.63, 3.8) is 0 Å². The number of amides is 1. The number of methoxy groups -OCH3 is 1. The molecular formula is C16H21N3O3. The van der Waals surface area contributed by atoms with Crippen molar-refractivity contribution in [2.45, 2.75) is 13.3 Å². The lowest BCUT2D eigenvalue weighted by molar-refractivity contribution is 0.0940. The molecule has 118 valence electrons. The molecule has 6 nitrogen and oxygen atoms in total. The third-order valence-corrected chi connectivity index (χ3v) is 3.42. The van der Waals surface area contributed by atoms with E-state index < -0.39 is 0 Å². The van der Waals surface area contributed by atoms with Gasteiger partial charge in [0, 0.05) is 18.7 Å². The summed E-state index contributed by atoms with van der Waals surface area (Å²) in [7, 11) is 1.61. The summed E-state index contributed by atoms with van der Waals surface area (Å²) in [5.41, 5.74) is 1.98. The van der Waals surface area contributed by atoms with Gasteiger partial charge < -0.3 is 15.2 Å². The molecule has 0 radical (unpaired) electrons. The van der Waals surface area contributed by atoms with Crippen molar-refractivity contribution in [2.75, 3.05) is 20.3 Å². The van der Waals surface area contributed by atoms with E-state index in [0.29, 0.717) is 24.4 Å². The molecule has 6 heteroatoms. The average Bonchev–Trinajstić information content (AvgIpc) is 3.03. The molecule has 0 spiro atoms. The highest BCUT2D eigenvalue weighted by Crippen LogP contribution is 2.22. The summed E-state index contributed by atoms with van der Waals surface area (Å²) in [6.07, 6.45) is 0.665. The van der Waals surface area contributed by atoms with Gasteiger partial charge in [-0.15, -0.1) is 0 Å². The molecule has 1 amide bonds. The Labute approximate surface area is 129 Å². The van der Waals surface area contributed by atoms with Crippen LogP contribution in [0.3, 0.4) is 0 Å². The van der Waals surface area contributed by atoms with Crippen LogP contribution >= 0.6 is 0 Å². The standard InChI is InChI=1S/C16H21N3O3/c1-11(6-7-20)10-17-16(21)15-9-14(18-19-15)12-4-3-5-13(8-12)22-2/h3-5,8-9,11,20H,6-7,10H2,1-2H3,(H,17,21)(H,18,19). The molecule has 0 bridgehead atoms. The number of benzene rings is 1. The number of nitrogens with zero attached hydrogens (tertiary/aromatic N) is 1. The number of hydrogen-bond donors (Lipinski definition) is 3. The number of carbonyl (C=O) groups is 1. The third kappa shape index (κ3) is 4.08. The normalized spacial score (nSPS) is 12.0. The second kappa shape index (κ2) is 7.61. The van der Waals surface area contributed by atoms with Gasteiger partial charge >= 0.3 is 0 Å². The first kappa shape index (κ1) is 16.0. The fraction of sp³-hybridized carbons (Fsp3) is 0.375. The smallest absolute Gasteiger partial charge is 0.269 e. The summed E-state index contributed by atoms with van der Waals surface area (Å²) in [5, 5.41) is 18.6. The number of aliphatic hydroxyl groups is 1. The van der Waals surface area contributed by atoms with Crippen LogP contribution in [0, 0.1) is 5.92 Å². The zero-order chi connectivity index (χ0) is 15.9. The number of carbonyl (C=O) groups excluding carboxylic acids is 1. The number of rotatable bonds is 7. The largest absolute Gasteiger partial charge is 0.497 e. The van der Waals surface area contributed by atoms with Gasteiger partial charge in [-0.1, -0.05) is 19.1 Å². The lowest BCUT2D eigenvalue weighted by Crippen LogP contribution is -2.28.